The average Bonchev–Trinajstić information content (AvgIpc) is 2.65. The molecule has 2 unspecified atom stereocenters. The van der Waals surface area contributed by atoms with Gasteiger partial charge in [-0.05, 0) is 44.5 Å². The highest BCUT2D eigenvalue weighted by Crippen LogP contribution is 2.38. The maximum Gasteiger partial charge on any atom is 0.142 e. The molecule has 3 heteroatoms. The van der Waals surface area contributed by atoms with E-state index in [2.05, 4.69) is 38.8 Å². The molecule has 0 radical (unpaired) electrons. The molecule has 0 aliphatic heterocycles. The Kier molecular flexibility index (Phi) is 4.55. The first kappa shape index (κ1) is 15.5. The summed E-state index contributed by atoms with van der Waals surface area (Å²) in [5, 5.41) is 0.765. The van der Waals surface area contributed by atoms with Crippen molar-refractivity contribution in [1.82, 2.24) is 4.90 Å². The Bertz CT molecular complexity index is 498. The summed E-state index contributed by atoms with van der Waals surface area (Å²) in [7, 11) is 2.09. The lowest BCUT2D eigenvalue weighted by molar-refractivity contribution is -0.128. The molecule has 2 rings (SSSR count). The lowest BCUT2D eigenvalue weighted by Gasteiger charge is -2.28. The summed E-state index contributed by atoms with van der Waals surface area (Å²) < 4.78 is 0. The van der Waals surface area contributed by atoms with Crippen molar-refractivity contribution in [2.45, 2.75) is 39.7 Å². The van der Waals surface area contributed by atoms with E-state index >= 15 is 0 Å². The zero-order valence-corrected chi connectivity index (χ0v) is 13.6. The zero-order chi connectivity index (χ0) is 14.9. The van der Waals surface area contributed by atoms with Crippen LogP contribution in [0.3, 0.4) is 0 Å². The topological polar surface area (TPSA) is 20.3 Å². The molecule has 1 aliphatic rings. The van der Waals surface area contributed by atoms with Crippen LogP contribution in [0.15, 0.2) is 24.3 Å². The van der Waals surface area contributed by atoms with E-state index < -0.39 is 0 Å². The van der Waals surface area contributed by atoms with E-state index in [4.69, 9.17) is 11.6 Å². The third kappa shape index (κ3) is 3.24. The molecule has 0 aromatic heterocycles. The predicted molar refractivity (Wildman–Crippen MR) is 84.0 cm³/mol. The van der Waals surface area contributed by atoms with Gasteiger partial charge in [-0.2, -0.15) is 0 Å². The van der Waals surface area contributed by atoms with Crippen molar-refractivity contribution in [3.63, 3.8) is 0 Å². The number of halogens is 1. The molecule has 20 heavy (non-hydrogen) atoms. The molecule has 0 spiro atoms. The molecule has 2 nitrogen and oxygen atoms in total. The van der Waals surface area contributed by atoms with Crippen molar-refractivity contribution in [3.8, 4) is 0 Å². The standard InChI is InChI=1S/C17H24ClNO/c1-12(13-6-5-7-15(18)10-13)19(4)11-14-8-9-17(2,3)16(14)20/h5-7,10,12,14H,8-9,11H2,1-4H3. The maximum atomic E-state index is 12.3. The average molecular weight is 294 g/mol. The fourth-order valence-corrected chi connectivity index (χ4v) is 3.24. The van der Waals surface area contributed by atoms with E-state index in [-0.39, 0.29) is 17.4 Å². The minimum absolute atomic E-state index is 0.134. The first-order valence-electron chi connectivity index (χ1n) is 7.31. The molecule has 2 atom stereocenters. The second-order valence-corrected chi connectivity index (χ2v) is 7.09. The van der Waals surface area contributed by atoms with Gasteiger partial charge in [-0.3, -0.25) is 9.69 Å². The van der Waals surface area contributed by atoms with Crippen LogP contribution in [0.1, 0.15) is 45.2 Å². The van der Waals surface area contributed by atoms with Crippen molar-refractivity contribution < 1.29 is 4.79 Å². The SMILES string of the molecule is CC(c1cccc(Cl)c1)N(C)CC1CCC(C)(C)C1=O. The highest BCUT2D eigenvalue weighted by Gasteiger charge is 2.40. The molecule has 1 fully saturated rings. The van der Waals surface area contributed by atoms with Crippen LogP contribution in [0, 0.1) is 11.3 Å². The van der Waals surface area contributed by atoms with Gasteiger partial charge in [-0.1, -0.05) is 37.6 Å². The van der Waals surface area contributed by atoms with Crippen LogP contribution in [-0.4, -0.2) is 24.3 Å². The van der Waals surface area contributed by atoms with Gasteiger partial charge in [0.05, 0.1) is 0 Å². The molecule has 1 aliphatic carbocycles. The lowest BCUT2D eigenvalue weighted by atomic mass is 9.89. The van der Waals surface area contributed by atoms with Crippen LogP contribution in [0.2, 0.25) is 5.02 Å². The number of carbonyl (C=O) groups excluding carboxylic acids is 1. The fraction of sp³-hybridized carbons (Fsp3) is 0.588. The van der Waals surface area contributed by atoms with Gasteiger partial charge in [0, 0.05) is 28.9 Å². The van der Waals surface area contributed by atoms with Crippen LogP contribution in [0.4, 0.5) is 0 Å². The fourth-order valence-electron chi connectivity index (χ4n) is 3.04. The Morgan fingerprint density at radius 2 is 2.15 bits per heavy atom. The van der Waals surface area contributed by atoms with E-state index in [1.165, 1.54) is 5.56 Å². The van der Waals surface area contributed by atoms with Crippen molar-refractivity contribution >= 4 is 17.4 Å². The van der Waals surface area contributed by atoms with E-state index in [9.17, 15) is 4.79 Å². The quantitative estimate of drug-likeness (QED) is 0.823. The van der Waals surface area contributed by atoms with Crippen LogP contribution in [0.5, 0.6) is 0 Å². The van der Waals surface area contributed by atoms with Crippen molar-refractivity contribution in [2.24, 2.45) is 11.3 Å². The number of nitrogens with zero attached hydrogens (tertiary/aromatic N) is 1. The molecular formula is C17H24ClNO. The molecule has 1 aromatic rings. The second-order valence-electron chi connectivity index (χ2n) is 6.65. The number of carbonyl (C=O) groups is 1. The number of benzene rings is 1. The van der Waals surface area contributed by atoms with Gasteiger partial charge in [0.2, 0.25) is 0 Å². The number of Topliss-reactive ketones (excluding diaryl/α,β-unsaturated/α-hetero) is 1. The molecule has 1 saturated carbocycles. The third-order valence-electron chi connectivity index (χ3n) is 4.66. The van der Waals surface area contributed by atoms with Crippen molar-refractivity contribution in [3.05, 3.63) is 34.9 Å². The van der Waals surface area contributed by atoms with E-state index in [1.54, 1.807) is 0 Å². The Labute approximate surface area is 127 Å². The molecular weight excluding hydrogens is 270 g/mol. The molecule has 0 amide bonds. The van der Waals surface area contributed by atoms with E-state index in [0.29, 0.717) is 5.78 Å². The first-order chi connectivity index (χ1) is 9.31. The summed E-state index contributed by atoms with van der Waals surface area (Å²) in [6, 6.07) is 8.23. The van der Waals surface area contributed by atoms with Gasteiger partial charge in [-0.25, -0.2) is 0 Å². The number of rotatable bonds is 4. The highest BCUT2D eigenvalue weighted by atomic mass is 35.5. The summed E-state index contributed by atoms with van der Waals surface area (Å²) in [5.74, 6) is 0.597. The number of ketones is 1. The lowest BCUT2D eigenvalue weighted by Crippen LogP contribution is -2.32. The van der Waals surface area contributed by atoms with Gasteiger partial charge in [0.15, 0.2) is 0 Å². The summed E-state index contributed by atoms with van der Waals surface area (Å²) in [4.78, 5) is 14.6. The van der Waals surface area contributed by atoms with Crippen molar-refractivity contribution in [1.29, 1.82) is 0 Å². The molecule has 0 saturated heterocycles. The largest absolute Gasteiger partial charge is 0.299 e. The van der Waals surface area contributed by atoms with Gasteiger partial charge in [-0.15, -0.1) is 0 Å². The summed E-state index contributed by atoms with van der Waals surface area (Å²) >= 11 is 6.05. The van der Waals surface area contributed by atoms with Gasteiger partial charge < -0.3 is 0 Å². The van der Waals surface area contributed by atoms with E-state index in [1.807, 2.05) is 18.2 Å². The van der Waals surface area contributed by atoms with Crippen LogP contribution in [-0.2, 0) is 4.79 Å². The molecule has 0 bridgehead atoms. The summed E-state index contributed by atoms with van der Waals surface area (Å²) in [6.07, 6.45) is 2.02. The minimum Gasteiger partial charge on any atom is -0.299 e. The Hall–Kier alpha value is -0.860. The monoisotopic (exact) mass is 293 g/mol. The zero-order valence-electron chi connectivity index (χ0n) is 12.8. The predicted octanol–water partition coefficient (Wildman–Crippen LogP) is 4.34. The highest BCUT2D eigenvalue weighted by molar-refractivity contribution is 6.30. The van der Waals surface area contributed by atoms with Gasteiger partial charge in [0.25, 0.3) is 0 Å². The Balaban J connectivity index is 2.02. The first-order valence-corrected chi connectivity index (χ1v) is 7.69. The van der Waals surface area contributed by atoms with Gasteiger partial charge in [0.1, 0.15) is 5.78 Å². The van der Waals surface area contributed by atoms with Crippen LogP contribution >= 0.6 is 11.6 Å². The van der Waals surface area contributed by atoms with Crippen LogP contribution in [0.25, 0.3) is 0 Å². The molecule has 0 N–H and O–H groups in total. The minimum atomic E-state index is -0.134. The number of hydrogen-bond acceptors (Lipinski definition) is 2. The summed E-state index contributed by atoms with van der Waals surface area (Å²) in [6.45, 7) is 7.12. The maximum absolute atomic E-state index is 12.3. The second kappa shape index (κ2) is 5.87. The smallest absolute Gasteiger partial charge is 0.142 e. The Morgan fingerprint density at radius 3 is 2.70 bits per heavy atom. The van der Waals surface area contributed by atoms with Crippen LogP contribution < -0.4 is 0 Å². The number of hydrogen-bond donors (Lipinski definition) is 0. The molecule has 110 valence electrons. The van der Waals surface area contributed by atoms with Gasteiger partial charge >= 0.3 is 0 Å². The van der Waals surface area contributed by atoms with Crippen molar-refractivity contribution in [2.75, 3.05) is 13.6 Å². The Morgan fingerprint density at radius 1 is 1.45 bits per heavy atom. The molecule has 0 heterocycles. The normalized spacial score (nSPS) is 23.3. The molecule has 1 aromatic carbocycles. The third-order valence-corrected chi connectivity index (χ3v) is 4.89. The van der Waals surface area contributed by atoms with E-state index in [0.717, 1.165) is 24.4 Å². The summed E-state index contributed by atoms with van der Waals surface area (Å²) in [5.41, 5.74) is 1.06.